The molecule has 1 aromatic heterocycles. The number of nitrogens with zero attached hydrogens (tertiary/aromatic N) is 1. The Hall–Kier alpha value is -0.900. The lowest BCUT2D eigenvalue weighted by atomic mass is 10.4. The summed E-state index contributed by atoms with van der Waals surface area (Å²) >= 11 is 3.24. The first-order valence-corrected chi connectivity index (χ1v) is 3.44. The average molecular weight is 201 g/mol. The number of allylic oxidation sites excluding steroid dienone is 1. The number of rotatable bonds is 2. The summed E-state index contributed by atoms with van der Waals surface area (Å²) in [5.41, 5.74) is 0.798. The van der Waals surface area contributed by atoms with Gasteiger partial charge < -0.3 is 0 Å². The normalized spacial score (nSPS) is 10.5. The smallest absolute Gasteiger partial charge is 0.142 e. The van der Waals surface area contributed by atoms with E-state index < -0.39 is 0 Å². The predicted molar refractivity (Wildman–Crippen MR) is 41.4 cm³/mol. The van der Waals surface area contributed by atoms with E-state index in [9.17, 15) is 4.79 Å². The minimum atomic E-state index is 0.716. The van der Waals surface area contributed by atoms with Crippen LogP contribution in [0.4, 0.5) is 0 Å². The highest BCUT2D eigenvalue weighted by atomic mass is 79.9. The van der Waals surface area contributed by atoms with Crippen LogP contribution in [-0.4, -0.2) is 16.5 Å². The molecule has 1 rings (SSSR count). The zero-order chi connectivity index (χ0) is 7.40. The molecule has 0 saturated heterocycles. The molecule has 0 unspecified atom stereocenters. The van der Waals surface area contributed by atoms with Gasteiger partial charge in [-0.15, -0.1) is 0 Å². The van der Waals surface area contributed by atoms with Crippen LogP contribution in [-0.2, 0) is 4.79 Å². The molecule has 0 aliphatic carbocycles. The van der Waals surface area contributed by atoms with Gasteiger partial charge in [0, 0.05) is 0 Å². The minimum absolute atomic E-state index is 0.716. The first-order valence-electron chi connectivity index (χ1n) is 2.65. The summed E-state index contributed by atoms with van der Waals surface area (Å²) in [7, 11) is 0. The Bertz CT molecular complexity index is 254. The van der Waals surface area contributed by atoms with Crippen molar-refractivity contribution in [2.45, 2.75) is 0 Å². The second-order valence-corrected chi connectivity index (χ2v) is 2.48. The molecule has 1 heterocycles. The van der Waals surface area contributed by atoms with Crippen LogP contribution >= 0.6 is 15.9 Å². The third-order valence-electron chi connectivity index (χ3n) is 0.962. The molecule has 1 N–H and O–H groups in total. The number of halogens is 1. The second kappa shape index (κ2) is 3.31. The van der Waals surface area contributed by atoms with E-state index in [4.69, 9.17) is 0 Å². The number of hydrogen-bond donors (Lipinski definition) is 1. The summed E-state index contributed by atoms with van der Waals surface area (Å²) < 4.78 is 0.852. The Balaban J connectivity index is 2.83. The Kier molecular flexibility index (Phi) is 2.39. The summed E-state index contributed by atoms with van der Waals surface area (Å²) in [4.78, 5) is 9.87. The number of H-pyrrole nitrogens is 1. The molecule has 0 saturated carbocycles. The van der Waals surface area contributed by atoms with Crippen LogP contribution in [0, 0.1) is 0 Å². The quantitative estimate of drug-likeness (QED) is 0.580. The number of nitrogens with one attached hydrogen (secondary N) is 1. The molecule has 0 amide bonds. The zero-order valence-corrected chi connectivity index (χ0v) is 6.63. The van der Waals surface area contributed by atoms with E-state index in [1.807, 2.05) is 0 Å². The Labute approximate surface area is 66.3 Å². The molecule has 0 radical (unpaired) electrons. The van der Waals surface area contributed by atoms with E-state index in [0.29, 0.717) is 6.29 Å². The highest BCUT2D eigenvalue weighted by molar-refractivity contribution is 9.10. The number of aromatic nitrogens is 2. The van der Waals surface area contributed by atoms with Crippen LogP contribution in [0.3, 0.4) is 0 Å². The Morgan fingerprint density at radius 2 is 2.50 bits per heavy atom. The maximum absolute atomic E-state index is 9.87. The van der Waals surface area contributed by atoms with Gasteiger partial charge in [0.05, 0.1) is 16.4 Å². The highest BCUT2D eigenvalue weighted by Gasteiger charge is 1.94. The van der Waals surface area contributed by atoms with Crippen molar-refractivity contribution >= 4 is 28.3 Å². The van der Waals surface area contributed by atoms with E-state index in [1.54, 1.807) is 12.3 Å². The van der Waals surface area contributed by atoms with Gasteiger partial charge in [0.2, 0.25) is 0 Å². The van der Waals surface area contributed by atoms with Crippen molar-refractivity contribution in [3.8, 4) is 0 Å². The Morgan fingerprint density at radius 1 is 1.70 bits per heavy atom. The molecule has 4 heteroatoms. The minimum Gasteiger partial charge on any atom is -0.299 e. The topological polar surface area (TPSA) is 45.8 Å². The number of aromatic amines is 1. The molecule has 0 spiro atoms. The van der Waals surface area contributed by atoms with Crippen LogP contribution < -0.4 is 0 Å². The molecule has 10 heavy (non-hydrogen) atoms. The molecular formula is C6H5BrN2O. The van der Waals surface area contributed by atoms with Gasteiger partial charge >= 0.3 is 0 Å². The standard InChI is InChI=1S/C6H5BrN2O/c7-5-4-8-9-6(5)2-1-3-10/h1-4H,(H,8,9)/b2-1+. The summed E-state index contributed by atoms with van der Waals surface area (Å²) in [6.45, 7) is 0. The molecule has 3 nitrogen and oxygen atoms in total. The SMILES string of the molecule is O=C/C=C/c1[nH]ncc1Br. The largest absolute Gasteiger partial charge is 0.299 e. The van der Waals surface area contributed by atoms with Crippen molar-refractivity contribution in [3.05, 3.63) is 22.4 Å². The molecule has 0 fully saturated rings. The van der Waals surface area contributed by atoms with Crippen molar-refractivity contribution < 1.29 is 4.79 Å². The maximum Gasteiger partial charge on any atom is 0.142 e. The lowest BCUT2D eigenvalue weighted by molar-refractivity contribution is -0.104. The molecule has 0 aliphatic rings. The first kappa shape index (κ1) is 7.21. The van der Waals surface area contributed by atoms with Crippen molar-refractivity contribution in [3.63, 3.8) is 0 Å². The summed E-state index contributed by atoms with van der Waals surface area (Å²) in [6, 6.07) is 0. The van der Waals surface area contributed by atoms with Crippen LogP contribution in [0.2, 0.25) is 0 Å². The first-order chi connectivity index (χ1) is 4.84. The molecule has 52 valence electrons. The Morgan fingerprint density at radius 3 is 3.00 bits per heavy atom. The molecule has 0 atom stereocenters. The van der Waals surface area contributed by atoms with Gasteiger partial charge in [0.1, 0.15) is 6.29 Å². The summed E-state index contributed by atoms with van der Waals surface area (Å²) in [5.74, 6) is 0. The van der Waals surface area contributed by atoms with E-state index in [2.05, 4.69) is 26.1 Å². The van der Waals surface area contributed by atoms with E-state index in [0.717, 1.165) is 10.2 Å². The highest BCUT2D eigenvalue weighted by Crippen LogP contribution is 2.13. The third kappa shape index (κ3) is 1.54. The van der Waals surface area contributed by atoms with Crippen molar-refractivity contribution in [1.29, 1.82) is 0 Å². The van der Waals surface area contributed by atoms with Gasteiger partial charge in [-0.2, -0.15) is 5.10 Å². The van der Waals surface area contributed by atoms with Gasteiger partial charge in [-0.05, 0) is 28.1 Å². The van der Waals surface area contributed by atoms with E-state index >= 15 is 0 Å². The lowest BCUT2D eigenvalue weighted by Gasteiger charge is -1.81. The number of aldehydes is 1. The molecule has 0 bridgehead atoms. The predicted octanol–water partition coefficient (Wildman–Crippen LogP) is 1.38. The van der Waals surface area contributed by atoms with Crippen molar-refractivity contribution in [1.82, 2.24) is 10.2 Å². The second-order valence-electron chi connectivity index (χ2n) is 1.63. The molecular weight excluding hydrogens is 196 g/mol. The van der Waals surface area contributed by atoms with Crippen LogP contribution in [0.1, 0.15) is 5.69 Å². The fourth-order valence-corrected chi connectivity index (χ4v) is 0.857. The zero-order valence-electron chi connectivity index (χ0n) is 5.04. The van der Waals surface area contributed by atoms with Crippen LogP contribution in [0.5, 0.6) is 0 Å². The van der Waals surface area contributed by atoms with E-state index in [-0.39, 0.29) is 0 Å². The molecule has 1 aromatic rings. The fourth-order valence-electron chi connectivity index (χ4n) is 0.534. The summed E-state index contributed by atoms with van der Waals surface area (Å²) in [6.07, 6.45) is 5.39. The van der Waals surface area contributed by atoms with Crippen molar-refractivity contribution in [2.75, 3.05) is 0 Å². The summed E-state index contributed by atoms with van der Waals surface area (Å²) in [5, 5.41) is 6.43. The molecule has 0 aromatic carbocycles. The van der Waals surface area contributed by atoms with Gasteiger partial charge in [-0.1, -0.05) is 0 Å². The van der Waals surface area contributed by atoms with Crippen molar-refractivity contribution in [2.24, 2.45) is 0 Å². The van der Waals surface area contributed by atoms with Gasteiger partial charge in [0.15, 0.2) is 0 Å². The third-order valence-corrected chi connectivity index (χ3v) is 1.59. The lowest BCUT2D eigenvalue weighted by Crippen LogP contribution is -1.71. The van der Waals surface area contributed by atoms with Gasteiger partial charge in [0.25, 0.3) is 0 Å². The number of hydrogen-bond acceptors (Lipinski definition) is 2. The monoisotopic (exact) mass is 200 g/mol. The number of carbonyl (C=O) groups is 1. The van der Waals surface area contributed by atoms with Crippen LogP contribution in [0.25, 0.3) is 6.08 Å². The number of carbonyl (C=O) groups excluding carboxylic acids is 1. The average Bonchev–Trinajstić information content (AvgIpc) is 2.31. The molecule has 0 aliphatic heterocycles. The fraction of sp³-hybridized carbons (Fsp3) is 0. The van der Waals surface area contributed by atoms with Gasteiger partial charge in [-0.25, -0.2) is 0 Å². The van der Waals surface area contributed by atoms with E-state index in [1.165, 1.54) is 6.08 Å². The van der Waals surface area contributed by atoms with Gasteiger partial charge in [-0.3, -0.25) is 9.89 Å². The maximum atomic E-state index is 9.87. The van der Waals surface area contributed by atoms with Crippen LogP contribution in [0.15, 0.2) is 16.7 Å².